The number of hydrogen-bond donors (Lipinski definition) is 0. The van der Waals surface area contributed by atoms with E-state index < -0.39 is 8.32 Å². The van der Waals surface area contributed by atoms with Crippen molar-refractivity contribution in [3.8, 4) is 5.75 Å². The maximum Gasteiger partial charge on any atom is 0.241 e. The summed E-state index contributed by atoms with van der Waals surface area (Å²) in [5.74, 6) is 4.55. The zero-order valence-electron chi connectivity index (χ0n) is 19.5. The number of aryl methyl sites for hydroxylation is 1. The van der Waals surface area contributed by atoms with Crippen molar-refractivity contribution in [3.05, 3.63) is 77.1 Å². The third-order valence-corrected chi connectivity index (χ3v) is 8.70. The fraction of sp³-hybridized carbons (Fsp3) is 0.500. The second kappa shape index (κ2) is 7.85. The summed E-state index contributed by atoms with van der Waals surface area (Å²) >= 11 is 0. The van der Waals surface area contributed by atoms with Crippen molar-refractivity contribution < 1.29 is 9.16 Å². The van der Waals surface area contributed by atoms with Crippen LogP contribution >= 0.6 is 0 Å². The normalized spacial score (nSPS) is 29.4. The minimum atomic E-state index is -1.57. The van der Waals surface area contributed by atoms with Gasteiger partial charge in [0, 0.05) is 5.41 Å². The molecule has 0 amide bonds. The number of fused-ring (bicyclic) bond motifs is 5. The SMILES string of the molecule is C[C@]12CC[C@@H]3c4ccc(OCc5ccccc5)cc4CC[C@H]3[C@@H]1CC=C2O[Si](C)(C)C. The molecule has 2 aromatic rings. The van der Waals surface area contributed by atoms with Crippen molar-refractivity contribution in [2.75, 3.05) is 0 Å². The van der Waals surface area contributed by atoms with E-state index in [1.807, 2.05) is 6.07 Å². The molecule has 2 nitrogen and oxygen atoms in total. The van der Waals surface area contributed by atoms with Crippen LogP contribution in [0.3, 0.4) is 0 Å². The molecule has 3 aliphatic carbocycles. The zero-order valence-corrected chi connectivity index (χ0v) is 20.5. The van der Waals surface area contributed by atoms with E-state index in [4.69, 9.17) is 9.16 Å². The first-order valence-electron chi connectivity index (χ1n) is 12.0. The highest BCUT2D eigenvalue weighted by Gasteiger charge is 2.53. The quantitative estimate of drug-likeness (QED) is 0.456. The summed E-state index contributed by atoms with van der Waals surface area (Å²) in [6.45, 7) is 10.1. The molecule has 2 aromatic carbocycles. The molecule has 5 rings (SSSR count). The van der Waals surface area contributed by atoms with Crippen molar-refractivity contribution in [2.24, 2.45) is 17.3 Å². The van der Waals surface area contributed by atoms with Crippen LogP contribution in [0.2, 0.25) is 19.6 Å². The van der Waals surface area contributed by atoms with Gasteiger partial charge < -0.3 is 9.16 Å². The highest BCUT2D eigenvalue weighted by molar-refractivity contribution is 6.70. The van der Waals surface area contributed by atoms with Gasteiger partial charge in [-0.1, -0.05) is 43.3 Å². The van der Waals surface area contributed by atoms with Crippen LogP contribution in [0.4, 0.5) is 0 Å². The van der Waals surface area contributed by atoms with Gasteiger partial charge in [-0.05, 0) is 104 Å². The van der Waals surface area contributed by atoms with Gasteiger partial charge in [0.25, 0.3) is 0 Å². The van der Waals surface area contributed by atoms with Crippen molar-refractivity contribution in [3.63, 3.8) is 0 Å². The Morgan fingerprint density at radius 2 is 1.84 bits per heavy atom. The van der Waals surface area contributed by atoms with Crippen LogP contribution in [-0.2, 0) is 17.5 Å². The van der Waals surface area contributed by atoms with Gasteiger partial charge >= 0.3 is 0 Å². The van der Waals surface area contributed by atoms with Crippen LogP contribution in [0.25, 0.3) is 0 Å². The second-order valence-corrected chi connectivity index (χ2v) is 15.5. The lowest BCUT2D eigenvalue weighted by Crippen LogP contribution is -2.42. The minimum Gasteiger partial charge on any atom is -0.547 e. The average molecular weight is 433 g/mol. The molecule has 31 heavy (non-hydrogen) atoms. The number of rotatable bonds is 5. The van der Waals surface area contributed by atoms with E-state index in [1.54, 1.807) is 5.56 Å². The van der Waals surface area contributed by atoms with Crippen LogP contribution in [0.5, 0.6) is 5.75 Å². The van der Waals surface area contributed by atoms with E-state index in [-0.39, 0.29) is 5.41 Å². The molecule has 0 aromatic heterocycles. The molecule has 0 unspecified atom stereocenters. The monoisotopic (exact) mass is 432 g/mol. The van der Waals surface area contributed by atoms with Gasteiger partial charge in [0.05, 0.1) is 5.76 Å². The standard InChI is InChI=1S/C28H36O2Si/c1-28-17-16-24-23-13-11-22(29-19-20-8-6-5-7-9-20)18-21(23)10-12-25(24)26(28)14-15-27(28)30-31(2,3)4/h5-9,11,13,15,18,24-26H,10,12,14,16-17,19H2,1-4H3/t24-,25-,26+,28+/m1/s1. The van der Waals surface area contributed by atoms with Crippen LogP contribution < -0.4 is 4.74 Å². The molecule has 4 atom stereocenters. The number of allylic oxidation sites excluding steroid dienone is 2. The molecule has 164 valence electrons. The van der Waals surface area contributed by atoms with Gasteiger partial charge in [0.15, 0.2) is 0 Å². The molecule has 3 heteroatoms. The topological polar surface area (TPSA) is 18.5 Å². The van der Waals surface area contributed by atoms with E-state index in [1.165, 1.54) is 49.0 Å². The van der Waals surface area contributed by atoms with Crippen molar-refractivity contribution in [1.29, 1.82) is 0 Å². The van der Waals surface area contributed by atoms with Crippen LogP contribution in [0.1, 0.15) is 55.2 Å². The van der Waals surface area contributed by atoms with E-state index in [9.17, 15) is 0 Å². The number of benzene rings is 2. The maximum atomic E-state index is 6.58. The summed E-state index contributed by atoms with van der Waals surface area (Å²) in [5.41, 5.74) is 4.57. The summed E-state index contributed by atoms with van der Waals surface area (Å²) in [4.78, 5) is 0. The Morgan fingerprint density at radius 1 is 1.03 bits per heavy atom. The van der Waals surface area contributed by atoms with Crippen molar-refractivity contribution in [2.45, 2.75) is 71.2 Å². The summed E-state index contributed by atoms with van der Waals surface area (Å²) < 4.78 is 12.7. The summed E-state index contributed by atoms with van der Waals surface area (Å²) in [6, 6.07) is 17.3. The number of ether oxygens (including phenoxy) is 1. The van der Waals surface area contributed by atoms with Crippen molar-refractivity contribution in [1.82, 2.24) is 0 Å². The van der Waals surface area contributed by atoms with E-state index in [2.05, 4.69) is 75.1 Å². The highest BCUT2D eigenvalue weighted by atomic mass is 28.4. The number of hydrogen-bond acceptors (Lipinski definition) is 2. The first-order chi connectivity index (χ1) is 14.8. The summed E-state index contributed by atoms with van der Waals surface area (Å²) in [6.07, 6.45) is 8.65. The molecule has 3 aliphatic rings. The van der Waals surface area contributed by atoms with Crippen LogP contribution in [0, 0.1) is 17.3 Å². The van der Waals surface area contributed by atoms with Gasteiger partial charge in [0.2, 0.25) is 8.32 Å². The fourth-order valence-electron chi connectivity index (χ4n) is 6.41. The summed E-state index contributed by atoms with van der Waals surface area (Å²) in [5, 5.41) is 0. The fourth-order valence-corrected chi connectivity index (χ4v) is 7.38. The molecule has 1 saturated carbocycles. The maximum absolute atomic E-state index is 6.58. The second-order valence-electron chi connectivity index (χ2n) is 11.0. The first kappa shape index (κ1) is 20.9. The molecule has 0 heterocycles. The largest absolute Gasteiger partial charge is 0.547 e. The minimum absolute atomic E-state index is 0.248. The third-order valence-electron chi connectivity index (χ3n) is 7.87. The predicted molar refractivity (Wildman–Crippen MR) is 130 cm³/mol. The Bertz CT molecular complexity index is 974. The zero-order chi connectivity index (χ0) is 21.6. The molecule has 0 N–H and O–H groups in total. The third kappa shape index (κ3) is 3.97. The molecule has 1 fully saturated rings. The van der Waals surface area contributed by atoms with E-state index >= 15 is 0 Å². The van der Waals surface area contributed by atoms with Gasteiger partial charge in [-0.15, -0.1) is 0 Å². The highest BCUT2D eigenvalue weighted by Crippen LogP contribution is 2.61. The molecular weight excluding hydrogens is 396 g/mol. The Kier molecular flexibility index (Phi) is 5.28. The van der Waals surface area contributed by atoms with Crippen molar-refractivity contribution >= 4 is 8.32 Å². The smallest absolute Gasteiger partial charge is 0.241 e. The lowest BCUT2D eigenvalue weighted by atomic mass is 9.55. The van der Waals surface area contributed by atoms with E-state index in [0.717, 1.165) is 17.6 Å². The van der Waals surface area contributed by atoms with Crippen LogP contribution in [0.15, 0.2) is 60.4 Å². The van der Waals surface area contributed by atoms with Gasteiger partial charge in [0.1, 0.15) is 12.4 Å². The summed E-state index contributed by atoms with van der Waals surface area (Å²) in [7, 11) is -1.57. The molecule has 0 spiro atoms. The molecule has 0 saturated heterocycles. The first-order valence-corrected chi connectivity index (χ1v) is 15.4. The Labute approximate surface area is 188 Å². The van der Waals surface area contributed by atoms with Gasteiger partial charge in [-0.2, -0.15) is 0 Å². The van der Waals surface area contributed by atoms with E-state index in [0.29, 0.717) is 12.5 Å². The predicted octanol–water partition coefficient (Wildman–Crippen LogP) is 7.47. The lowest BCUT2D eigenvalue weighted by Gasteiger charge is -2.50. The Morgan fingerprint density at radius 3 is 2.61 bits per heavy atom. The molecule has 0 radical (unpaired) electrons. The van der Waals surface area contributed by atoms with Gasteiger partial charge in [-0.3, -0.25) is 0 Å². The average Bonchev–Trinajstić information content (AvgIpc) is 3.07. The lowest BCUT2D eigenvalue weighted by molar-refractivity contribution is 0.0506. The van der Waals surface area contributed by atoms with Gasteiger partial charge in [-0.25, -0.2) is 0 Å². The van der Waals surface area contributed by atoms with Crippen LogP contribution in [-0.4, -0.2) is 8.32 Å². The molecule has 0 bridgehead atoms. The Hall–Kier alpha value is -2.00. The Balaban J connectivity index is 1.31. The molecule has 0 aliphatic heterocycles. The molecular formula is C28H36O2Si.